The van der Waals surface area contributed by atoms with Crippen molar-refractivity contribution in [3.63, 3.8) is 0 Å². The average molecular weight is 263 g/mol. The molecule has 1 aliphatic carbocycles. The van der Waals surface area contributed by atoms with E-state index in [4.69, 9.17) is 0 Å². The van der Waals surface area contributed by atoms with Crippen LogP contribution in [0.2, 0.25) is 0 Å². The molecule has 1 saturated heterocycles. The number of hydrogen-bond donors (Lipinski definition) is 1. The Morgan fingerprint density at radius 3 is 2.79 bits per heavy atom. The van der Waals surface area contributed by atoms with E-state index < -0.39 is 0 Å². The van der Waals surface area contributed by atoms with Crippen molar-refractivity contribution in [3.05, 3.63) is 23.6 Å². The maximum atomic E-state index is 13.4. The van der Waals surface area contributed by atoms with E-state index >= 15 is 0 Å². The zero-order valence-corrected chi connectivity index (χ0v) is 11.5. The molecule has 3 nitrogen and oxygen atoms in total. The lowest BCUT2D eigenvalue weighted by atomic mass is 10.0. The summed E-state index contributed by atoms with van der Waals surface area (Å²) in [6, 6.07) is 1.62. The molecule has 1 saturated carbocycles. The van der Waals surface area contributed by atoms with E-state index in [1.54, 1.807) is 6.07 Å². The van der Waals surface area contributed by atoms with Crippen LogP contribution in [0, 0.1) is 17.7 Å². The molecule has 2 aliphatic rings. The SMILES string of the molecule is CCNCc1cc(F)cnc1N1CC2CCCC2C1. The molecule has 2 heterocycles. The Hall–Kier alpha value is -1.16. The van der Waals surface area contributed by atoms with E-state index in [2.05, 4.69) is 22.1 Å². The van der Waals surface area contributed by atoms with Crippen LogP contribution in [0.15, 0.2) is 12.3 Å². The van der Waals surface area contributed by atoms with Crippen molar-refractivity contribution in [2.45, 2.75) is 32.7 Å². The molecule has 104 valence electrons. The lowest BCUT2D eigenvalue weighted by Gasteiger charge is -2.21. The number of pyridine rings is 1. The van der Waals surface area contributed by atoms with E-state index in [9.17, 15) is 4.39 Å². The Kier molecular flexibility index (Phi) is 3.69. The van der Waals surface area contributed by atoms with Crippen molar-refractivity contribution in [2.24, 2.45) is 11.8 Å². The molecule has 4 heteroatoms. The van der Waals surface area contributed by atoms with Gasteiger partial charge in [0.1, 0.15) is 11.6 Å². The summed E-state index contributed by atoms with van der Waals surface area (Å²) in [5.41, 5.74) is 0.988. The lowest BCUT2D eigenvalue weighted by Crippen LogP contribution is -2.25. The molecule has 3 rings (SSSR count). The number of aromatic nitrogens is 1. The zero-order chi connectivity index (χ0) is 13.2. The van der Waals surface area contributed by atoms with Crippen LogP contribution in [0.3, 0.4) is 0 Å². The minimum absolute atomic E-state index is 0.240. The first-order valence-corrected chi connectivity index (χ1v) is 7.38. The van der Waals surface area contributed by atoms with Gasteiger partial charge in [0.25, 0.3) is 0 Å². The average Bonchev–Trinajstić information content (AvgIpc) is 2.97. The van der Waals surface area contributed by atoms with Gasteiger partial charge in [-0.25, -0.2) is 9.37 Å². The molecule has 2 atom stereocenters. The van der Waals surface area contributed by atoms with Crippen LogP contribution in [-0.4, -0.2) is 24.6 Å². The number of rotatable bonds is 4. The summed E-state index contributed by atoms with van der Waals surface area (Å²) in [5, 5.41) is 3.27. The number of nitrogens with zero attached hydrogens (tertiary/aromatic N) is 2. The fraction of sp³-hybridized carbons (Fsp3) is 0.667. The van der Waals surface area contributed by atoms with Gasteiger partial charge in [-0.1, -0.05) is 13.3 Å². The number of fused-ring (bicyclic) bond motifs is 1. The molecule has 1 N–H and O–H groups in total. The van der Waals surface area contributed by atoms with Gasteiger partial charge < -0.3 is 10.2 Å². The van der Waals surface area contributed by atoms with E-state index in [1.165, 1.54) is 25.5 Å². The predicted molar refractivity (Wildman–Crippen MR) is 74.6 cm³/mol. The monoisotopic (exact) mass is 263 g/mol. The Morgan fingerprint density at radius 1 is 1.37 bits per heavy atom. The number of halogens is 1. The largest absolute Gasteiger partial charge is 0.356 e. The zero-order valence-electron chi connectivity index (χ0n) is 11.5. The van der Waals surface area contributed by atoms with E-state index in [-0.39, 0.29) is 5.82 Å². The van der Waals surface area contributed by atoms with Gasteiger partial charge in [0.2, 0.25) is 0 Å². The highest BCUT2D eigenvalue weighted by Crippen LogP contribution is 2.39. The second-order valence-corrected chi connectivity index (χ2v) is 5.77. The van der Waals surface area contributed by atoms with E-state index in [0.29, 0.717) is 6.54 Å². The molecule has 1 aromatic heterocycles. The van der Waals surface area contributed by atoms with Crippen LogP contribution in [0.5, 0.6) is 0 Å². The highest BCUT2D eigenvalue weighted by atomic mass is 19.1. The maximum Gasteiger partial charge on any atom is 0.141 e. The molecule has 19 heavy (non-hydrogen) atoms. The quantitative estimate of drug-likeness (QED) is 0.905. The van der Waals surface area contributed by atoms with E-state index in [1.807, 2.05) is 0 Å². The number of nitrogens with one attached hydrogen (secondary N) is 1. The fourth-order valence-electron chi connectivity index (χ4n) is 3.56. The molecule has 1 aromatic rings. The van der Waals surface area contributed by atoms with E-state index in [0.717, 1.165) is 42.9 Å². The van der Waals surface area contributed by atoms with Crippen molar-refractivity contribution in [3.8, 4) is 0 Å². The molecule has 0 bridgehead atoms. The minimum Gasteiger partial charge on any atom is -0.356 e. The molecule has 0 amide bonds. The molecular formula is C15H22FN3. The summed E-state index contributed by atoms with van der Waals surface area (Å²) in [7, 11) is 0. The highest BCUT2D eigenvalue weighted by Gasteiger charge is 2.37. The van der Waals surface area contributed by atoms with Crippen LogP contribution in [0.4, 0.5) is 10.2 Å². The smallest absolute Gasteiger partial charge is 0.141 e. The molecule has 2 unspecified atom stereocenters. The number of hydrogen-bond acceptors (Lipinski definition) is 3. The van der Waals surface area contributed by atoms with Crippen molar-refractivity contribution >= 4 is 5.82 Å². The lowest BCUT2D eigenvalue weighted by molar-refractivity contribution is 0.494. The standard InChI is InChI=1S/C15H22FN3/c1-2-17-7-13-6-14(16)8-18-15(13)19-9-11-4-3-5-12(11)10-19/h6,8,11-12,17H,2-5,7,9-10H2,1H3. The Balaban J connectivity index is 1.79. The first-order chi connectivity index (χ1) is 9.28. The summed E-state index contributed by atoms with van der Waals surface area (Å²) in [6.45, 7) is 5.85. The van der Waals surface area contributed by atoms with Gasteiger partial charge in [0.05, 0.1) is 6.20 Å². The normalized spacial score (nSPS) is 25.9. The number of anilines is 1. The summed E-state index contributed by atoms with van der Waals surface area (Å²) >= 11 is 0. The molecule has 1 aliphatic heterocycles. The van der Waals surface area contributed by atoms with Gasteiger partial charge >= 0.3 is 0 Å². The highest BCUT2D eigenvalue weighted by molar-refractivity contribution is 5.48. The van der Waals surface area contributed by atoms with Gasteiger partial charge in [-0.2, -0.15) is 0 Å². The third-order valence-corrected chi connectivity index (χ3v) is 4.50. The Bertz CT molecular complexity index is 437. The van der Waals surface area contributed by atoms with Crippen LogP contribution >= 0.6 is 0 Å². The second kappa shape index (κ2) is 5.45. The summed E-state index contributed by atoms with van der Waals surface area (Å²) in [5.74, 6) is 2.41. The third-order valence-electron chi connectivity index (χ3n) is 4.50. The molecule has 0 aromatic carbocycles. The fourth-order valence-corrected chi connectivity index (χ4v) is 3.56. The van der Waals surface area contributed by atoms with Crippen LogP contribution < -0.4 is 10.2 Å². The summed E-state index contributed by atoms with van der Waals surface area (Å²) in [4.78, 5) is 6.71. The molecular weight excluding hydrogens is 241 g/mol. The molecule has 0 radical (unpaired) electrons. The van der Waals surface area contributed by atoms with Gasteiger partial charge in [0.15, 0.2) is 0 Å². The van der Waals surface area contributed by atoms with Crippen LogP contribution in [-0.2, 0) is 6.54 Å². The molecule has 2 fully saturated rings. The second-order valence-electron chi connectivity index (χ2n) is 5.77. The summed E-state index contributed by atoms with van der Waals surface area (Å²) in [6.07, 6.45) is 5.43. The minimum atomic E-state index is -0.240. The van der Waals surface area contributed by atoms with Crippen molar-refractivity contribution < 1.29 is 4.39 Å². The van der Waals surface area contributed by atoms with Gasteiger partial charge in [0, 0.05) is 25.2 Å². The van der Waals surface area contributed by atoms with Gasteiger partial charge in [-0.05, 0) is 37.3 Å². The van der Waals surface area contributed by atoms with Crippen LogP contribution in [0.25, 0.3) is 0 Å². The summed E-state index contributed by atoms with van der Waals surface area (Å²) < 4.78 is 13.4. The third kappa shape index (κ3) is 2.59. The first kappa shape index (κ1) is 12.9. The van der Waals surface area contributed by atoms with Crippen molar-refractivity contribution in [2.75, 3.05) is 24.5 Å². The first-order valence-electron chi connectivity index (χ1n) is 7.38. The van der Waals surface area contributed by atoms with Gasteiger partial charge in [-0.15, -0.1) is 0 Å². The maximum absolute atomic E-state index is 13.4. The van der Waals surface area contributed by atoms with Crippen molar-refractivity contribution in [1.82, 2.24) is 10.3 Å². The van der Waals surface area contributed by atoms with Crippen LogP contribution in [0.1, 0.15) is 31.7 Å². The molecule has 0 spiro atoms. The van der Waals surface area contributed by atoms with Crippen molar-refractivity contribution in [1.29, 1.82) is 0 Å². The Labute approximate surface area is 114 Å². The van der Waals surface area contributed by atoms with Gasteiger partial charge in [-0.3, -0.25) is 0 Å². The Morgan fingerprint density at radius 2 is 2.11 bits per heavy atom. The topological polar surface area (TPSA) is 28.2 Å². The predicted octanol–water partition coefficient (Wildman–Crippen LogP) is 2.57.